The molecule has 5 atom stereocenters. The molecule has 34 heteroatoms. The van der Waals surface area contributed by atoms with Crippen LogP contribution in [0.4, 0.5) is 39.5 Å². The molecule has 5 fully saturated rings. The molecule has 5 aliphatic carbocycles. The van der Waals surface area contributed by atoms with Crippen molar-refractivity contribution in [3.63, 3.8) is 0 Å². The van der Waals surface area contributed by atoms with Crippen LogP contribution in [-0.4, -0.2) is 216 Å². The van der Waals surface area contributed by atoms with Gasteiger partial charge in [0.15, 0.2) is 0 Å². The van der Waals surface area contributed by atoms with Gasteiger partial charge in [0.2, 0.25) is 18.3 Å². The third-order valence-electron chi connectivity index (χ3n) is 19.0. The summed E-state index contributed by atoms with van der Waals surface area (Å²) in [6, 6.07) is 21.1. The van der Waals surface area contributed by atoms with E-state index in [9.17, 15) is 102 Å². The summed E-state index contributed by atoms with van der Waals surface area (Å²) in [7, 11) is -2.43. The smallest absolute Gasteiger partial charge is 0.426 e. The van der Waals surface area contributed by atoms with E-state index >= 15 is 0 Å². The van der Waals surface area contributed by atoms with Crippen molar-refractivity contribution in [2.45, 2.75) is 226 Å². The van der Waals surface area contributed by atoms with E-state index in [4.69, 9.17) is 9.47 Å². The minimum absolute atomic E-state index is 0.0687. The van der Waals surface area contributed by atoms with Gasteiger partial charge in [0.1, 0.15) is 24.3 Å². The van der Waals surface area contributed by atoms with E-state index in [-0.39, 0.29) is 67.4 Å². The molecule has 7 rings (SSSR count). The summed E-state index contributed by atoms with van der Waals surface area (Å²) in [5.74, 6) is -11.9. The van der Waals surface area contributed by atoms with Crippen molar-refractivity contribution in [3.05, 3.63) is 109 Å². The topological polar surface area (TPSA) is 303 Å². The predicted octanol–water partition coefficient (Wildman–Crippen LogP) is 13.8. The van der Waals surface area contributed by atoms with Crippen LogP contribution in [0.2, 0.25) is 0 Å². The minimum atomic E-state index is -5.26. The number of benzene rings is 2. The van der Waals surface area contributed by atoms with Gasteiger partial charge in [0.05, 0.1) is 127 Å². The monoisotopic (exact) mass is 1640 g/mol. The average Bonchev–Trinajstić information content (AvgIpc) is 0.706. The number of hydrogen-bond donors (Lipinski definition) is 0. The Bertz CT molecular complexity index is 3490. The zero-order valence-corrected chi connectivity index (χ0v) is 68.6. The normalized spacial score (nSPS) is 22.0. The SMILES string of the molecule is C=C(C)C(=O)OC1(C)C2CC3CC1CC(C(=O)OC(CS(=O)(=O)[O-])C(F)(F)F)(C3)C2.C=C(C)C(=O)OC1(C)CCC(C(=O)OC(CS(=O)(=O)[O-])C(F)(F)F)CC1.C=CC(=O)OC(CS(=O)(=O)[O-])C(F)(F)F.CCCC[N+](CCCC)(CCCC)CCCC.C[N+](C)(C)Cc1ccccc1.C[N+](C)(C)Cc1ccccc1. The second-order valence-electron chi connectivity index (χ2n) is 31.6. The van der Waals surface area contributed by atoms with Gasteiger partial charge in [-0.15, -0.1) is 0 Å². The van der Waals surface area contributed by atoms with Gasteiger partial charge in [-0.1, -0.05) is 134 Å². The summed E-state index contributed by atoms with van der Waals surface area (Å²) < 4.78 is 235. The molecule has 0 saturated heterocycles. The summed E-state index contributed by atoms with van der Waals surface area (Å²) in [5.41, 5.74) is 0.278. The molecule has 632 valence electrons. The zero-order valence-electron chi connectivity index (χ0n) is 66.1. The van der Waals surface area contributed by atoms with E-state index in [2.05, 4.69) is 165 Å². The molecule has 5 unspecified atom stereocenters. The first-order valence-corrected chi connectivity index (χ1v) is 41.4. The third kappa shape index (κ3) is 39.6. The second-order valence-corrected chi connectivity index (χ2v) is 36.0. The van der Waals surface area contributed by atoms with Crippen molar-refractivity contribution < 1.29 is 140 Å². The van der Waals surface area contributed by atoms with Crippen LogP contribution in [0.5, 0.6) is 0 Å². The number of carbonyl (C=O) groups is 5. The lowest BCUT2D eigenvalue weighted by molar-refractivity contribution is -0.929. The number of ether oxygens (including phenoxy) is 5. The molecule has 0 aromatic heterocycles. The van der Waals surface area contributed by atoms with Crippen LogP contribution in [0.15, 0.2) is 97.6 Å². The summed E-state index contributed by atoms with van der Waals surface area (Å²) in [4.78, 5) is 58.9. The molecule has 5 saturated carbocycles. The maximum Gasteiger partial charge on any atom is 0.426 e. The van der Waals surface area contributed by atoms with Crippen molar-refractivity contribution in [2.24, 2.45) is 29.1 Å². The Kier molecular flexibility index (Phi) is 40.8. The van der Waals surface area contributed by atoms with Gasteiger partial charge >= 0.3 is 48.4 Å². The first-order chi connectivity index (χ1) is 50.1. The maximum atomic E-state index is 13.2. The number of hydrogen-bond acceptors (Lipinski definition) is 19. The highest BCUT2D eigenvalue weighted by Gasteiger charge is 2.66. The summed E-state index contributed by atoms with van der Waals surface area (Å²) in [5, 5.41) is 0. The Balaban J connectivity index is 0.000000688. The fraction of sp³-hybridized carbons (Fsp3) is 0.697. The molecule has 110 heavy (non-hydrogen) atoms. The van der Waals surface area contributed by atoms with Crippen LogP contribution in [0.1, 0.15) is 176 Å². The zero-order chi connectivity index (χ0) is 84.9. The molecule has 2 aromatic rings. The van der Waals surface area contributed by atoms with Crippen LogP contribution in [0.25, 0.3) is 0 Å². The number of alkyl halides is 9. The van der Waals surface area contributed by atoms with E-state index in [1.54, 1.807) is 13.8 Å². The van der Waals surface area contributed by atoms with Crippen LogP contribution in [0.3, 0.4) is 0 Å². The molecule has 0 radical (unpaired) electrons. The van der Waals surface area contributed by atoms with Gasteiger partial charge in [0.25, 0.3) is 0 Å². The Morgan fingerprint density at radius 3 is 1.16 bits per heavy atom. The summed E-state index contributed by atoms with van der Waals surface area (Å²) in [6.45, 7) is 33.5. The van der Waals surface area contributed by atoms with Crippen molar-refractivity contribution in [1.29, 1.82) is 0 Å². The standard InChI is InChI=1S/C19H25F3O7S.C16H36N.C15H21F3O7S.2C10H16N.C6H7F3O5S/c1-10(2)15(23)29-17(3)12-4-11-5-13(17)8-18(6-11,7-12)16(24)28-14(19(20,21)22)9-30(25,26)27;1-5-9-13-17(14-10-6-2,15-11-7-3)16-12-8-4;1-9(2)12(19)25-14(3)6-4-10(5-7-14)13(20)24-11(15(16,17)18)8-26(21,22)23;2*1-11(2,3)9-10-7-5-4-6-8-10;1-2-5(10)14-4(6(7,8)9)3-15(11,12)13/h11-14H,1,4-9H2,2-3H3,(H,25,26,27);5-16H2,1-4H3;10-11H,1,4-8H2,2-3H3,(H,21,22,23);2*4-8H,9H2,1-3H3;2,4H,1,3H2,(H,11,12,13)/q;+1;;2*+1;/p-3. The van der Waals surface area contributed by atoms with Crippen molar-refractivity contribution in [1.82, 2.24) is 0 Å². The fourth-order valence-electron chi connectivity index (χ4n) is 13.5. The van der Waals surface area contributed by atoms with E-state index in [1.165, 1.54) is 107 Å². The van der Waals surface area contributed by atoms with Gasteiger partial charge in [-0.2, -0.15) is 39.5 Å². The molecule has 0 heterocycles. The van der Waals surface area contributed by atoms with Crippen molar-refractivity contribution in [3.8, 4) is 0 Å². The molecular formula is C76H118F9N3O19S3. The third-order valence-corrected chi connectivity index (χ3v) is 21.1. The number of unbranched alkanes of at least 4 members (excludes halogenated alkanes) is 4. The Morgan fingerprint density at radius 2 is 0.864 bits per heavy atom. The highest BCUT2D eigenvalue weighted by atomic mass is 32.2. The largest absolute Gasteiger partial charge is 0.748 e. The van der Waals surface area contributed by atoms with E-state index in [0.29, 0.717) is 25.3 Å². The number of halogens is 9. The lowest BCUT2D eigenvalue weighted by atomic mass is 9.45. The highest BCUT2D eigenvalue weighted by molar-refractivity contribution is 7.86. The van der Waals surface area contributed by atoms with Crippen LogP contribution >= 0.6 is 0 Å². The van der Waals surface area contributed by atoms with Crippen LogP contribution in [-0.2, 0) is 91.1 Å². The van der Waals surface area contributed by atoms with Gasteiger partial charge in [0, 0.05) is 40.2 Å². The second kappa shape index (κ2) is 44.0. The van der Waals surface area contributed by atoms with E-state index in [0.717, 1.165) is 22.1 Å². The molecule has 4 bridgehead atoms. The molecule has 0 N–H and O–H groups in total. The predicted molar refractivity (Wildman–Crippen MR) is 394 cm³/mol. The van der Waals surface area contributed by atoms with Crippen LogP contribution < -0.4 is 0 Å². The number of rotatable bonds is 32. The van der Waals surface area contributed by atoms with Gasteiger partial charge in [-0.25, -0.2) is 39.6 Å². The Hall–Kier alpha value is -6.01. The fourth-order valence-corrected chi connectivity index (χ4v) is 15.4. The first kappa shape index (κ1) is 102. The molecule has 5 aliphatic rings. The Morgan fingerprint density at radius 1 is 0.536 bits per heavy atom. The maximum absolute atomic E-state index is 13.2. The molecule has 0 spiro atoms. The lowest BCUT2D eigenvalue weighted by Gasteiger charge is -2.62. The first-order valence-electron chi connectivity index (χ1n) is 36.7. The van der Waals surface area contributed by atoms with E-state index < -0.39 is 137 Å². The molecule has 0 amide bonds. The Labute approximate surface area is 645 Å². The highest BCUT2D eigenvalue weighted by Crippen LogP contribution is 2.65. The average molecular weight is 1640 g/mol. The summed E-state index contributed by atoms with van der Waals surface area (Å²) in [6.07, 6.45) is -10.3. The van der Waals surface area contributed by atoms with Gasteiger partial charge in [-0.3, -0.25) is 9.59 Å². The minimum Gasteiger partial charge on any atom is -0.748 e. The molecule has 0 aliphatic heterocycles. The number of nitrogens with zero attached hydrogens (tertiary/aromatic N) is 3. The summed E-state index contributed by atoms with van der Waals surface area (Å²) >= 11 is 0. The quantitative estimate of drug-likeness (QED) is 0.0164. The molecule has 22 nitrogen and oxygen atoms in total. The van der Waals surface area contributed by atoms with E-state index in [1.807, 2.05) is 0 Å². The lowest BCUT2D eigenvalue weighted by Crippen LogP contribution is -2.63. The van der Waals surface area contributed by atoms with Crippen molar-refractivity contribution >= 4 is 60.2 Å². The van der Waals surface area contributed by atoms with Crippen molar-refractivity contribution in [2.75, 3.05) is 85.7 Å². The van der Waals surface area contributed by atoms with Gasteiger partial charge < -0.3 is 50.8 Å². The number of esters is 5. The number of quaternary nitrogens is 3. The van der Waals surface area contributed by atoms with Gasteiger partial charge in [-0.05, 0) is 117 Å². The van der Waals surface area contributed by atoms with Crippen LogP contribution in [0, 0.1) is 29.1 Å². The number of carbonyl (C=O) groups excluding carboxylic acids is 5. The molecule has 2 aromatic carbocycles. The molecular weight excluding hydrogens is 1530 g/mol.